The smallest absolute Gasteiger partial charge is 0.342 e. The van der Waals surface area contributed by atoms with Crippen LogP contribution in [0.5, 0.6) is 0 Å². The van der Waals surface area contributed by atoms with Gasteiger partial charge in [-0.15, -0.1) is 11.3 Å². The van der Waals surface area contributed by atoms with Gasteiger partial charge in [0.15, 0.2) is 5.84 Å². The van der Waals surface area contributed by atoms with Crippen LogP contribution in [0.15, 0.2) is 46.9 Å². The Morgan fingerprint density at radius 1 is 1.22 bits per heavy atom. The van der Waals surface area contributed by atoms with Crippen LogP contribution in [0.1, 0.15) is 42.7 Å². The van der Waals surface area contributed by atoms with Crippen LogP contribution in [0.25, 0.3) is 0 Å². The highest BCUT2D eigenvalue weighted by Crippen LogP contribution is 2.19. The third-order valence-corrected chi connectivity index (χ3v) is 4.38. The zero-order valence-corrected chi connectivity index (χ0v) is 14.5. The summed E-state index contributed by atoms with van der Waals surface area (Å²) in [6, 6.07) is 11.7. The molecule has 0 saturated heterocycles. The average Bonchev–Trinajstić information content (AvgIpc) is 3.06. The molecule has 122 valence electrons. The van der Waals surface area contributed by atoms with Gasteiger partial charge in [-0.05, 0) is 41.8 Å². The maximum atomic E-state index is 12.1. The molecule has 0 fully saturated rings. The summed E-state index contributed by atoms with van der Waals surface area (Å²) in [6.45, 7) is 6.17. The van der Waals surface area contributed by atoms with Crippen LogP contribution in [0.4, 0.5) is 0 Å². The van der Waals surface area contributed by atoms with Crippen LogP contribution in [-0.4, -0.2) is 11.8 Å². The SMILES string of the molecule is CC(C)Cc1ccc([C@@H](C)C(=O)O/N=C(/N)c2cccs2)cc1. The molecule has 0 saturated carbocycles. The number of nitrogens with two attached hydrogens (primary N) is 1. The molecule has 0 aliphatic carbocycles. The summed E-state index contributed by atoms with van der Waals surface area (Å²) in [5.41, 5.74) is 7.95. The Morgan fingerprint density at radius 3 is 2.48 bits per heavy atom. The summed E-state index contributed by atoms with van der Waals surface area (Å²) in [5, 5.41) is 5.62. The summed E-state index contributed by atoms with van der Waals surface area (Å²) in [7, 11) is 0. The van der Waals surface area contributed by atoms with Crippen molar-refractivity contribution in [2.75, 3.05) is 0 Å². The molecule has 5 heteroatoms. The van der Waals surface area contributed by atoms with Crippen molar-refractivity contribution >= 4 is 23.1 Å². The fourth-order valence-corrected chi connectivity index (χ4v) is 2.81. The minimum Gasteiger partial charge on any atom is -0.380 e. The number of oxime groups is 1. The van der Waals surface area contributed by atoms with Crippen molar-refractivity contribution in [2.24, 2.45) is 16.8 Å². The highest BCUT2D eigenvalue weighted by molar-refractivity contribution is 7.12. The molecule has 1 atom stereocenters. The highest BCUT2D eigenvalue weighted by Gasteiger charge is 2.17. The molecule has 0 bridgehead atoms. The zero-order valence-electron chi connectivity index (χ0n) is 13.7. The number of rotatable bonds is 6. The molecule has 2 aromatic rings. The van der Waals surface area contributed by atoms with Gasteiger partial charge in [0.1, 0.15) is 0 Å². The summed E-state index contributed by atoms with van der Waals surface area (Å²) in [5.74, 6) is 0.0229. The van der Waals surface area contributed by atoms with Crippen molar-refractivity contribution in [3.05, 3.63) is 57.8 Å². The number of benzene rings is 1. The Bertz CT molecular complexity index is 661. The van der Waals surface area contributed by atoms with Gasteiger partial charge in [-0.1, -0.05) is 49.3 Å². The lowest BCUT2D eigenvalue weighted by Gasteiger charge is -2.10. The van der Waals surface area contributed by atoms with Crippen LogP contribution in [-0.2, 0) is 16.1 Å². The quantitative estimate of drug-likeness (QED) is 0.378. The van der Waals surface area contributed by atoms with Gasteiger partial charge in [0.25, 0.3) is 0 Å². The van der Waals surface area contributed by atoms with Crippen molar-refractivity contribution in [1.29, 1.82) is 0 Å². The Hall–Kier alpha value is -2.14. The van der Waals surface area contributed by atoms with Crippen molar-refractivity contribution in [1.82, 2.24) is 0 Å². The molecule has 0 aliphatic heterocycles. The van der Waals surface area contributed by atoms with Gasteiger partial charge >= 0.3 is 5.97 Å². The van der Waals surface area contributed by atoms with E-state index >= 15 is 0 Å². The number of hydrogen-bond donors (Lipinski definition) is 1. The number of hydrogen-bond acceptors (Lipinski definition) is 4. The number of thiophene rings is 1. The van der Waals surface area contributed by atoms with Crippen molar-refractivity contribution < 1.29 is 9.63 Å². The monoisotopic (exact) mass is 330 g/mol. The van der Waals surface area contributed by atoms with Crippen LogP contribution in [0.3, 0.4) is 0 Å². The Balaban J connectivity index is 1.98. The molecule has 1 aromatic carbocycles. The summed E-state index contributed by atoms with van der Waals surface area (Å²) < 4.78 is 0. The number of nitrogens with zero attached hydrogens (tertiary/aromatic N) is 1. The van der Waals surface area contributed by atoms with E-state index in [1.165, 1.54) is 16.9 Å². The van der Waals surface area contributed by atoms with Gasteiger partial charge in [-0.2, -0.15) is 0 Å². The molecule has 0 spiro atoms. The molecule has 0 unspecified atom stereocenters. The Kier molecular flexibility index (Phi) is 5.93. The molecular weight excluding hydrogens is 308 g/mol. The van der Waals surface area contributed by atoms with Gasteiger partial charge in [0.05, 0.1) is 10.8 Å². The van der Waals surface area contributed by atoms with Gasteiger partial charge in [-0.3, -0.25) is 0 Å². The minimum atomic E-state index is -0.416. The first kappa shape index (κ1) is 17.2. The predicted molar refractivity (Wildman–Crippen MR) is 94.5 cm³/mol. The summed E-state index contributed by atoms with van der Waals surface area (Å²) >= 11 is 1.45. The lowest BCUT2D eigenvalue weighted by molar-refractivity contribution is -0.145. The van der Waals surface area contributed by atoms with Crippen LogP contribution in [0, 0.1) is 5.92 Å². The van der Waals surface area contributed by atoms with E-state index in [-0.39, 0.29) is 11.8 Å². The van der Waals surface area contributed by atoms with Gasteiger partial charge in [-0.25, -0.2) is 4.79 Å². The van der Waals surface area contributed by atoms with E-state index in [2.05, 4.69) is 31.1 Å². The first-order chi connectivity index (χ1) is 11.0. The molecule has 0 aliphatic rings. The molecule has 23 heavy (non-hydrogen) atoms. The van der Waals surface area contributed by atoms with E-state index in [0.29, 0.717) is 5.92 Å². The molecule has 2 rings (SSSR count). The number of carbonyl (C=O) groups is 1. The third-order valence-electron chi connectivity index (χ3n) is 3.48. The second-order valence-electron chi connectivity index (χ2n) is 5.93. The largest absolute Gasteiger partial charge is 0.380 e. The molecule has 4 nitrogen and oxygen atoms in total. The Labute approximate surface area is 141 Å². The maximum absolute atomic E-state index is 12.1. The molecule has 0 amide bonds. The van der Waals surface area contributed by atoms with Crippen LogP contribution >= 0.6 is 11.3 Å². The number of amidine groups is 1. The second-order valence-corrected chi connectivity index (χ2v) is 6.87. The number of carbonyl (C=O) groups excluding carboxylic acids is 1. The fraction of sp³-hybridized carbons (Fsp3) is 0.333. The lowest BCUT2D eigenvalue weighted by Crippen LogP contribution is -2.16. The maximum Gasteiger partial charge on any atom is 0.342 e. The van der Waals surface area contributed by atoms with Crippen LogP contribution < -0.4 is 5.73 Å². The van der Waals surface area contributed by atoms with E-state index in [4.69, 9.17) is 10.6 Å². The van der Waals surface area contributed by atoms with Gasteiger partial charge in [0.2, 0.25) is 0 Å². The third kappa shape index (κ3) is 4.93. The predicted octanol–water partition coefficient (Wildman–Crippen LogP) is 3.91. The van der Waals surface area contributed by atoms with E-state index in [9.17, 15) is 4.79 Å². The molecule has 1 aromatic heterocycles. The zero-order chi connectivity index (χ0) is 16.8. The van der Waals surface area contributed by atoms with E-state index < -0.39 is 5.97 Å². The first-order valence-corrected chi connectivity index (χ1v) is 8.52. The second kappa shape index (κ2) is 7.92. The van der Waals surface area contributed by atoms with E-state index in [1.807, 2.05) is 29.6 Å². The average molecular weight is 330 g/mol. The van der Waals surface area contributed by atoms with Crippen molar-refractivity contribution in [3.63, 3.8) is 0 Å². The minimum absolute atomic E-state index is 0.216. The van der Waals surface area contributed by atoms with Crippen LogP contribution in [0.2, 0.25) is 0 Å². The lowest BCUT2D eigenvalue weighted by atomic mass is 9.97. The normalized spacial score (nSPS) is 13.1. The topological polar surface area (TPSA) is 64.7 Å². The summed E-state index contributed by atoms with van der Waals surface area (Å²) in [4.78, 5) is 17.8. The van der Waals surface area contributed by atoms with E-state index in [1.54, 1.807) is 6.92 Å². The van der Waals surface area contributed by atoms with E-state index in [0.717, 1.165) is 16.9 Å². The standard InChI is InChI=1S/C18H22N2O2S/c1-12(2)11-14-6-8-15(9-7-14)13(3)18(21)22-20-17(19)16-5-4-10-23-16/h4-10,12-13H,11H2,1-3H3,(H2,19,20)/t13-/m1/s1. The fourth-order valence-electron chi connectivity index (χ4n) is 2.19. The highest BCUT2D eigenvalue weighted by atomic mass is 32.1. The van der Waals surface area contributed by atoms with Gasteiger partial charge in [0, 0.05) is 0 Å². The Morgan fingerprint density at radius 2 is 1.91 bits per heavy atom. The van der Waals surface area contributed by atoms with Crippen molar-refractivity contribution in [2.45, 2.75) is 33.1 Å². The molecule has 1 heterocycles. The molecule has 2 N–H and O–H groups in total. The first-order valence-electron chi connectivity index (χ1n) is 7.64. The van der Waals surface area contributed by atoms with Gasteiger partial charge < -0.3 is 10.6 Å². The molecule has 0 radical (unpaired) electrons. The van der Waals surface area contributed by atoms with Crippen molar-refractivity contribution in [3.8, 4) is 0 Å². The summed E-state index contributed by atoms with van der Waals surface area (Å²) in [6.07, 6.45) is 1.03. The molecular formula is C18H22N2O2S.